The molecule has 2 aromatic heterocycles. The van der Waals surface area contributed by atoms with Crippen molar-refractivity contribution in [3.05, 3.63) is 23.7 Å². The second kappa shape index (κ2) is 5.99. The predicted octanol–water partition coefficient (Wildman–Crippen LogP) is 1.87. The van der Waals surface area contributed by atoms with Crippen molar-refractivity contribution in [1.29, 1.82) is 0 Å². The highest BCUT2D eigenvalue weighted by molar-refractivity contribution is 6.33. The Morgan fingerprint density at radius 1 is 1.48 bits per heavy atom. The second-order valence-electron chi connectivity index (χ2n) is 6.26. The van der Waals surface area contributed by atoms with Gasteiger partial charge in [-0.2, -0.15) is 0 Å². The van der Waals surface area contributed by atoms with E-state index in [9.17, 15) is 10.2 Å². The number of hydrogen-bond acceptors (Lipinski definition) is 6. The smallest absolute Gasteiger partial charge is 0.160 e. The largest absolute Gasteiger partial charge is 0.391 e. The molecule has 7 nitrogen and oxygen atoms in total. The highest BCUT2D eigenvalue weighted by atomic mass is 35.5. The van der Waals surface area contributed by atoms with Crippen LogP contribution in [0.1, 0.15) is 33.4 Å². The summed E-state index contributed by atoms with van der Waals surface area (Å²) in [5.41, 5.74) is 0.656. The Balaban J connectivity index is 1.90. The Labute approximate surface area is 138 Å². The van der Waals surface area contributed by atoms with Gasteiger partial charge in [0.25, 0.3) is 0 Å². The molecule has 2 N–H and O–H groups in total. The van der Waals surface area contributed by atoms with Gasteiger partial charge in [-0.3, -0.25) is 0 Å². The van der Waals surface area contributed by atoms with Gasteiger partial charge in [0.2, 0.25) is 0 Å². The standard InChI is InChI=1S/C15H20ClN3O4/c1-8(20)12-10(23-15(2,3)21)6-11(22-12)19-5-4-9-13(16)17-7-18-14(9)19/h4-5,7-8,10-12,20-21H,6H2,1-3H3/t8?,10-,11?,12?/m0/s1. The third-order valence-corrected chi connectivity index (χ3v) is 4.10. The zero-order valence-corrected chi connectivity index (χ0v) is 13.9. The van der Waals surface area contributed by atoms with Crippen molar-refractivity contribution in [3.63, 3.8) is 0 Å². The molecule has 3 rings (SSSR count). The van der Waals surface area contributed by atoms with Crippen molar-refractivity contribution >= 4 is 22.6 Å². The predicted molar refractivity (Wildman–Crippen MR) is 83.9 cm³/mol. The Hall–Kier alpha value is -1.25. The minimum absolute atomic E-state index is 0.370. The molecule has 1 fully saturated rings. The van der Waals surface area contributed by atoms with Gasteiger partial charge in [0.15, 0.2) is 5.79 Å². The van der Waals surface area contributed by atoms with Crippen LogP contribution < -0.4 is 0 Å². The molecular formula is C15H20ClN3O4. The Kier molecular flexibility index (Phi) is 4.33. The van der Waals surface area contributed by atoms with Crippen LogP contribution in [0.5, 0.6) is 0 Å². The first-order chi connectivity index (χ1) is 10.8. The average molecular weight is 342 g/mol. The van der Waals surface area contributed by atoms with E-state index in [1.54, 1.807) is 20.8 Å². The third-order valence-electron chi connectivity index (χ3n) is 3.80. The van der Waals surface area contributed by atoms with E-state index in [4.69, 9.17) is 21.1 Å². The summed E-state index contributed by atoms with van der Waals surface area (Å²) in [5, 5.41) is 21.0. The number of rotatable bonds is 4. The lowest BCUT2D eigenvalue weighted by molar-refractivity contribution is -0.221. The minimum atomic E-state index is -1.31. The molecule has 0 aromatic carbocycles. The van der Waals surface area contributed by atoms with Crippen LogP contribution in [0.2, 0.25) is 5.15 Å². The zero-order chi connectivity index (χ0) is 16.8. The van der Waals surface area contributed by atoms with E-state index >= 15 is 0 Å². The van der Waals surface area contributed by atoms with Crippen LogP contribution in [0.3, 0.4) is 0 Å². The van der Waals surface area contributed by atoms with Crippen molar-refractivity contribution in [2.45, 2.75) is 57.5 Å². The number of nitrogens with zero attached hydrogens (tertiary/aromatic N) is 3. The normalized spacial score (nSPS) is 26.8. The molecule has 3 heterocycles. The fraction of sp³-hybridized carbons (Fsp3) is 0.600. The number of fused-ring (bicyclic) bond motifs is 1. The number of hydrogen-bond donors (Lipinski definition) is 2. The molecule has 1 aliphatic rings. The van der Waals surface area contributed by atoms with Crippen LogP contribution in [0.15, 0.2) is 18.6 Å². The Morgan fingerprint density at radius 2 is 2.22 bits per heavy atom. The molecule has 3 unspecified atom stereocenters. The number of aliphatic hydroxyl groups excluding tert-OH is 1. The summed E-state index contributed by atoms with van der Waals surface area (Å²) in [5.74, 6) is -1.31. The van der Waals surface area contributed by atoms with E-state index in [-0.39, 0.29) is 6.23 Å². The number of halogens is 1. The van der Waals surface area contributed by atoms with Gasteiger partial charge in [-0.05, 0) is 26.8 Å². The van der Waals surface area contributed by atoms with E-state index in [0.717, 1.165) is 5.39 Å². The van der Waals surface area contributed by atoms with Crippen molar-refractivity contribution in [3.8, 4) is 0 Å². The van der Waals surface area contributed by atoms with Crippen LogP contribution in [0, 0.1) is 0 Å². The molecular weight excluding hydrogens is 322 g/mol. The highest BCUT2D eigenvalue weighted by Crippen LogP contribution is 2.36. The topological polar surface area (TPSA) is 89.6 Å². The van der Waals surface area contributed by atoms with Crippen molar-refractivity contribution < 1.29 is 19.7 Å². The van der Waals surface area contributed by atoms with E-state index in [1.807, 2.05) is 16.8 Å². The van der Waals surface area contributed by atoms with Crippen LogP contribution in [-0.2, 0) is 9.47 Å². The lowest BCUT2D eigenvalue weighted by Crippen LogP contribution is -2.39. The van der Waals surface area contributed by atoms with Gasteiger partial charge in [0.1, 0.15) is 29.5 Å². The quantitative estimate of drug-likeness (QED) is 0.652. The molecule has 8 heteroatoms. The molecule has 4 atom stereocenters. The number of ether oxygens (including phenoxy) is 2. The van der Waals surface area contributed by atoms with Crippen LogP contribution >= 0.6 is 11.6 Å². The van der Waals surface area contributed by atoms with Crippen molar-refractivity contribution in [2.24, 2.45) is 0 Å². The summed E-state index contributed by atoms with van der Waals surface area (Å²) in [7, 11) is 0. The summed E-state index contributed by atoms with van der Waals surface area (Å²) in [6, 6.07) is 1.82. The van der Waals surface area contributed by atoms with E-state index in [2.05, 4.69) is 9.97 Å². The van der Waals surface area contributed by atoms with Gasteiger partial charge < -0.3 is 24.3 Å². The minimum Gasteiger partial charge on any atom is -0.391 e. The molecule has 0 radical (unpaired) electrons. The van der Waals surface area contributed by atoms with E-state index < -0.39 is 24.1 Å². The van der Waals surface area contributed by atoms with Crippen LogP contribution in [-0.4, -0.2) is 48.8 Å². The van der Waals surface area contributed by atoms with Crippen LogP contribution in [0.4, 0.5) is 0 Å². The third kappa shape index (κ3) is 3.34. The fourth-order valence-corrected chi connectivity index (χ4v) is 3.11. The summed E-state index contributed by atoms with van der Waals surface area (Å²) in [4.78, 5) is 8.21. The van der Waals surface area contributed by atoms with Crippen LogP contribution in [0.25, 0.3) is 11.0 Å². The molecule has 0 amide bonds. The monoisotopic (exact) mass is 341 g/mol. The molecule has 23 heavy (non-hydrogen) atoms. The average Bonchev–Trinajstić information content (AvgIpc) is 3.01. The lowest BCUT2D eigenvalue weighted by atomic mass is 10.1. The second-order valence-corrected chi connectivity index (χ2v) is 6.62. The maximum Gasteiger partial charge on any atom is 0.160 e. The maximum absolute atomic E-state index is 9.95. The molecule has 0 spiro atoms. The van der Waals surface area contributed by atoms with Crippen molar-refractivity contribution in [2.75, 3.05) is 0 Å². The molecule has 0 saturated carbocycles. The fourth-order valence-electron chi connectivity index (χ4n) is 2.92. The first-order valence-electron chi connectivity index (χ1n) is 7.47. The first kappa shape index (κ1) is 16.6. The number of aromatic nitrogens is 3. The molecule has 126 valence electrons. The van der Waals surface area contributed by atoms with Gasteiger partial charge in [0.05, 0.1) is 17.6 Å². The van der Waals surface area contributed by atoms with Crippen molar-refractivity contribution in [1.82, 2.24) is 14.5 Å². The summed E-state index contributed by atoms with van der Waals surface area (Å²) in [6.07, 6.45) is 1.62. The zero-order valence-electron chi connectivity index (χ0n) is 13.2. The van der Waals surface area contributed by atoms with Gasteiger partial charge in [-0.1, -0.05) is 11.6 Å². The molecule has 0 aliphatic carbocycles. The van der Waals surface area contributed by atoms with Gasteiger partial charge in [-0.15, -0.1) is 0 Å². The highest BCUT2D eigenvalue weighted by Gasteiger charge is 2.42. The molecule has 1 saturated heterocycles. The van der Waals surface area contributed by atoms with E-state index in [0.29, 0.717) is 17.2 Å². The summed E-state index contributed by atoms with van der Waals surface area (Å²) in [6.45, 7) is 4.75. The van der Waals surface area contributed by atoms with E-state index in [1.165, 1.54) is 6.33 Å². The van der Waals surface area contributed by atoms with Gasteiger partial charge in [-0.25, -0.2) is 9.97 Å². The lowest BCUT2D eigenvalue weighted by Gasteiger charge is -2.27. The van der Waals surface area contributed by atoms with Gasteiger partial charge >= 0.3 is 0 Å². The Morgan fingerprint density at radius 3 is 2.87 bits per heavy atom. The maximum atomic E-state index is 9.95. The molecule has 2 aromatic rings. The first-order valence-corrected chi connectivity index (χ1v) is 7.85. The summed E-state index contributed by atoms with van der Waals surface area (Å²) >= 11 is 6.07. The molecule has 0 bridgehead atoms. The molecule has 1 aliphatic heterocycles. The van der Waals surface area contributed by atoms with Gasteiger partial charge in [0, 0.05) is 12.6 Å². The SMILES string of the molecule is CC(O)C1OC(n2ccc3c(Cl)ncnc32)C[C@@H]1OC(C)(C)O. The summed E-state index contributed by atoms with van der Waals surface area (Å²) < 4.78 is 13.4. The number of aliphatic hydroxyl groups is 2. The Bertz CT molecular complexity index is 698.